The molecular weight excluding hydrogens is 408 g/mol. The van der Waals surface area contributed by atoms with Crippen molar-refractivity contribution in [1.82, 2.24) is 19.5 Å². The van der Waals surface area contributed by atoms with E-state index in [0.29, 0.717) is 0 Å². The Morgan fingerprint density at radius 3 is 2.00 bits per heavy atom. The summed E-state index contributed by atoms with van der Waals surface area (Å²) in [7, 11) is 2.00. The minimum atomic E-state index is -0.164. The van der Waals surface area contributed by atoms with E-state index in [1.54, 1.807) is 0 Å². The number of benzene rings is 2. The van der Waals surface area contributed by atoms with E-state index in [2.05, 4.69) is 89.0 Å². The summed E-state index contributed by atoms with van der Waals surface area (Å²) in [6, 6.07) is 14.6. The van der Waals surface area contributed by atoms with E-state index in [9.17, 15) is 0 Å². The van der Waals surface area contributed by atoms with Crippen molar-refractivity contribution in [1.29, 1.82) is 0 Å². The fraction of sp³-hybridized carbons (Fsp3) is 0.321. The number of aryl methyl sites for hydroxylation is 1. The molecule has 2 aromatic carbocycles. The summed E-state index contributed by atoms with van der Waals surface area (Å²) in [5.41, 5.74) is 5.31. The highest BCUT2D eigenvalue weighted by atomic mass is 16.3. The van der Waals surface area contributed by atoms with Crippen molar-refractivity contribution in [2.75, 3.05) is 0 Å². The second-order valence-electron chi connectivity index (χ2n) is 10.8. The highest BCUT2D eigenvalue weighted by molar-refractivity contribution is 6.12. The fourth-order valence-corrected chi connectivity index (χ4v) is 4.13. The number of hydrogen-bond acceptors (Lipinski definition) is 4. The molecule has 0 atom stereocenters. The molecule has 3 heterocycles. The molecule has 0 aliphatic rings. The summed E-state index contributed by atoms with van der Waals surface area (Å²) >= 11 is 0. The topological polar surface area (TPSA) is 56.7 Å². The lowest BCUT2D eigenvalue weighted by Crippen LogP contribution is -2.22. The van der Waals surface area contributed by atoms with Crippen molar-refractivity contribution in [3.63, 3.8) is 0 Å². The zero-order valence-corrected chi connectivity index (χ0v) is 20.4. The van der Waals surface area contributed by atoms with E-state index in [0.717, 1.165) is 56.1 Å². The molecule has 3 aromatic heterocycles. The van der Waals surface area contributed by atoms with Crippen molar-refractivity contribution in [2.45, 2.75) is 52.4 Å². The van der Waals surface area contributed by atoms with Crippen LogP contribution in [0.3, 0.4) is 0 Å². The van der Waals surface area contributed by atoms with Crippen LogP contribution in [0.5, 0.6) is 0 Å². The third-order valence-corrected chi connectivity index (χ3v) is 6.03. The van der Waals surface area contributed by atoms with Gasteiger partial charge in [0.25, 0.3) is 0 Å². The number of para-hydroxylation sites is 2. The lowest BCUT2D eigenvalue weighted by molar-refractivity contribution is 0.514. The quantitative estimate of drug-likeness (QED) is 0.297. The van der Waals surface area contributed by atoms with E-state index in [1.807, 2.05) is 24.0 Å². The monoisotopic (exact) mass is 438 g/mol. The van der Waals surface area contributed by atoms with Crippen molar-refractivity contribution < 1.29 is 4.42 Å². The zero-order valence-electron chi connectivity index (χ0n) is 20.4. The number of aromatic nitrogens is 4. The molecule has 0 saturated carbocycles. The molecule has 0 unspecified atom stereocenters. The number of imidazole rings is 1. The summed E-state index contributed by atoms with van der Waals surface area (Å²) in [5.74, 6) is 1.72. The fourth-order valence-electron chi connectivity index (χ4n) is 4.13. The molecule has 5 heteroatoms. The first-order valence-electron chi connectivity index (χ1n) is 11.4. The van der Waals surface area contributed by atoms with Gasteiger partial charge in [0.2, 0.25) is 0 Å². The van der Waals surface area contributed by atoms with E-state index < -0.39 is 0 Å². The largest absolute Gasteiger partial charge is 0.455 e. The molecule has 0 aliphatic carbocycles. The van der Waals surface area contributed by atoms with Gasteiger partial charge in [-0.1, -0.05) is 65.8 Å². The molecule has 5 rings (SSSR count). The standard InChI is InChI=1S/C28H30N4O/c1-27(2,3)22-16-21(30-26(31-22)28(4,5)6)19-12-8-10-17-18-11-9-13-20(24(18)33-23(17)19)25-29-14-15-32(25)7/h8-16H,1-7H3. The maximum absolute atomic E-state index is 6.59. The summed E-state index contributed by atoms with van der Waals surface area (Å²) < 4.78 is 8.60. The van der Waals surface area contributed by atoms with E-state index >= 15 is 0 Å². The molecule has 0 amide bonds. The summed E-state index contributed by atoms with van der Waals surface area (Å²) in [6.45, 7) is 13.0. The van der Waals surface area contributed by atoms with Crippen LogP contribution >= 0.6 is 0 Å². The van der Waals surface area contributed by atoms with Crippen LogP contribution in [0.1, 0.15) is 53.1 Å². The molecule has 0 fully saturated rings. The molecule has 0 spiro atoms. The van der Waals surface area contributed by atoms with E-state index in [1.165, 1.54) is 0 Å². The van der Waals surface area contributed by atoms with Gasteiger partial charge in [0.05, 0.1) is 17.0 Å². The minimum absolute atomic E-state index is 0.0924. The maximum Gasteiger partial charge on any atom is 0.146 e. The van der Waals surface area contributed by atoms with Gasteiger partial charge in [-0.25, -0.2) is 15.0 Å². The Kier molecular flexibility index (Phi) is 4.71. The van der Waals surface area contributed by atoms with Gasteiger partial charge in [-0.05, 0) is 18.2 Å². The van der Waals surface area contributed by atoms with Gasteiger partial charge in [0, 0.05) is 46.6 Å². The number of rotatable bonds is 2. The van der Waals surface area contributed by atoms with Crippen molar-refractivity contribution in [3.05, 3.63) is 66.4 Å². The molecule has 0 saturated heterocycles. The average molecular weight is 439 g/mol. The second-order valence-corrected chi connectivity index (χ2v) is 10.8. The van der Waals surface area contributed by atoms with Gasteiger partial charge >= 0.3 is 0 Å². The van der Waals surface area contributed by atoms with Gasteiger partial charge in [0.15, 0.2) is 0 Å². The molecular formula is C28H30N4O. The molecule has 5 nitrogen and oxygen atoms in total. The SMILES string of the molecule is Cn1ccnc1-c1cccc2c1oc1c(-c3cc(C(C)(C)C)nc(C(C)(C)C)n3)cccc12. The van der Waals surface area contributed by atoms with E-state index in [4.69, 9.17) is 14.4 Å². The van der Waals surface area contributed by atoms with Gasteiger partial charge in [-0.2, -0.15) is 0 Å². The molecule has 168 valence electrons. The number of nitrogens with zero attached hydrogens (tertiary/aromatic N) is 4. The zero-order chi connectivity index (χ0) is 23.5. The molecule has 0 aliphatic heterocycles. The second kappa shape index (κ2) is 7.27. The first kappa shape index (κ1) is 21.4. The minimum Gasteiger partial charge on any atom is -0.455 e. The molecule has 33 heavy (non-hydrogen) atoms. The Balaban J connectivity index is 1.81. The Morgan fingerprint density at radius 1 is 0.788 bits per heavy atom. The third-order valence-electron chi connectivity index (χ3n) is 6.03. The van der Waals surface area contributed by atoms with Crippen molar-refractivity contribution in [3.8, 4) is 22.6 Å². The average Bonchev–Trinajstić information content (AvgIpc) is 3.35. The first-order chi connectivity index (χ1) is 15.5. The van der Waals surface area contributed by atoms with Gasteiger partial charge in [-0.15, -0.1) is 0 Å². The maximum atomic E-state index is 6.59. The first-order valence-corrected chi connectivity index (χ1v) is 11.4. The predicted octanol–water partition coefficient (Wildman–Crippen LogP) is 7.04. The predicted molar refractivity (Wildman–Crippen MR) is 134 cm³/mol. The lowest BCUT2D eigenvalue weighted by atomic mass is 9.89. The number of hydrogen-bond donors (Lipinski definition) is 0. The normalized spacial score (nSPS) is 12.7. The van der Waals surface area contributed by atoms with Crippen LogP contribution < -0.4 is 0 Å². The number of furan rings is 1. The summed E-state index contributed by atoms with van der Waals surface area (Å²) in [5, 5.41) is 2.15. The molecule has 5 aromatic rings. The van der Waals surface area contributed by atoms with Gasteiger partial charge < -0.3 is 8.98 Å². The Bertz CT molecular complexity index is 1460. The highest BCUT2D eigenvalue weighted by Crippen LogP contribution is 2.39. The van der Waals surface area contributed by atoms with Crippen LogP contribution in [0.4, 0.5) is 0 Å². The lowest BCUT2D eigenvalue weighted by Gasteiger charge is -2.23. The van der Waals surface area contributed by atoms with Crippen molar-refractivity contribution >= 4 is 21.9 Å². The number of fused-ring (bicyclic) bond motifs is 3. The van der Waals surface area contributed by atoms with Crippen LogP contribution in [-0.4, -0.2) is 19.5 Å². The van der Waals surface area contributed by atoms with Crippen molar-refractivity contribution in [2.24, 2.45) is 7.05 Å². The Hall–Kier alpha value is -3.47. The Morgan fingerprint density at radius 2 is 1.42 bits per heavy atom. The van der Waals surface area contributed by atoms with Crippen LogP contribution in [0.25, 0.3) is 44.6 Å². The van der Waals surface area contributed by atoms with E-state index in [-0.39, 0.29) is 10.8 Å². The smallest absolute Gasteiger partial charge is 0.146 e. The van der Waals surface area contributed by atoms with Crippen LogP contribution in [0, 0.1) is 0 Å². The highest BCUT2D eigenvalue weighted by Gasteiger charge is 2.25. The summed E-state index contributed by atoms with van der Waals surface area (Å²) in [6.07, 6.45) is 3.76. The van der Waals surface area contributed by atoms with Gasteiger partial charge in [0.1, 0.15) is 22.8 Å². The molecule has 0 bridgehead atoms. The summed E-state index contributed by atoms with van der Waals surface area (Å²) in [4.78, 5) is 14.5. The van der Waals surface area contributed by atoms with Crippen LogP contribution in [0.15, 0.2) is 59.3 Å². The Labute approximate surface area is 194 Å². The van der Waals surface area contributed by atoms with Gasteiger partial charge in [-0.3, -0.25) is 0 Å². The van der Waals surface area contributed by atoms with Crippen LogP contribution in [-0.2, 0) is 17.9 Å². The molecule has 0 radical (unpaired) electrons. The van der Waals surface area contributed by atoms with Crippen LogP contribution in [0.2, 0.25) is 0 Å². The third kappa shape index (κ3) is 3.62. The molecule has 0 N–H and O–H groups in total.